The molecule has 0 unspecified atom stereocenters. The van der Waals surface area contributed by atoms with E-state index in [1.165, 1.54) is 16.9 Å². The summed E-state index contributed by atoms with van der Waals surface area (Å²) in [5.41, 5.74) is 4.09. The second-order valence-corrected chi connectivity index (χ2v) is 7.79. The van der Waals surface area contributed by atoms with Crippen molar-refractivity contribution < 1.29 is 9.53 Å². The van der Waals surface area contributed by atoms with Crippen LogP contribution in [-0.2, 0) is 6.61 Å². The monoisotopic (exact) mass is 391 g/mol. The van der Waals surface area contributed by atoms with E-state index in [0.29, 0.717) is 17.4 Å². The van der Waals surface area contributed by atoms with Gasteiger partial charge in [0, 0.05) is 16.8 Å². The number of anilines is 1. The number of allylic oxidation sites excluding steroid dienone is 1. The van der Waals surface area contributed by atoms with Gasteiger partial charge in [0.05, 0.1) is 4.88 Å². The zero-order valence-corrected chi connectivity index (χ0v) is 17.3. The molecular formula is C24H25NO2S. The Morgan fingerprint density at radius 3 is 2.61 bits per heavy atom. The fourth-order valence-corrected chi connectivity index (χ4v) is 3.60. The Morgan fingerprint density at radius 2 is 1.89 bits per heavy atom. The average Bonchev–Trinajstić information content (AvgIpc) is 3.17. The van der Waals surface area contributed by atoms with Crippen LogP contribution in [0.2, 0.25) is 0 Å². The van der Waals surface area contributed by atoms with Crippen LogP contribution in [0.4, 0.5) is 5.69 Å². The smallest absolute Gasteiger partial charge is 0.265 e. The molecule has 0 aliphatic carbocycles. The third kappa shape index (κ3) is 5.11. The molecule has 0 saturated carbocycles. The van der Waals surface area contributed by atoms with Gasteiger partial charge in [-0.05, 0) is 48.1 Å². The van der Waals surface area contributed by atoms with E-state index >= 15 is 0 Å². The lowest BCUT2D eigenvalue weighted by molar-refractivity contribution is 0.103. The highest BCUT2D eigenvalue weighted by molar-refractivity contribution is 7.12. The minimum atomic E-state index is -0.0946. The largest absolute Gasteiger partial charge is 0.488 e. The van der Waals surface area contributed by atoms with E-state index in [1.54, 1.807) is 0 Å². The van der Waals surface area contributed by atoms with Crippen LogP contribution in [0.1, 0.15) is 53.1 Å². The number of benzene rings is 2. The Hall–Kier alpha value is -2.85. The van der Waals surface area contributed by atoms with Crippen molar-refractivity contribution in [3.63, 3.8) is 0 Å². The Balaban J connectivity index is 1.61. The van der Waals surface area contributed by atoms with Gasteiger partial charge in [0.15, 0.2) is 0 Å². The van der Waals surface area contributed by atoms with Crippen LogP contribution in [0, 0.1) is 0 Å². The molecule has 3 aromatic rings. The predicted molar refractivity (Wildman–Crippen MR) is 118 cm³/mol. The van der Waals surface area contributed by atoms with Crippen molar-refractivity contribution in [1.82, 2.24) is 0 Å². The first-order valence-corrected chi connectivity index (χ1v) is 10.3. The first kappa shape index (κ1) is 19.9. The lowest BCUT2D eigenvalue weighted by atomic mass is 10.0. The Bertz CT molecular complexity index is 955. The molecule has 0 fully saturated rings. The number of ether oxygens (including phenoxy) is 1. The van der Waals surface area contributed by atoms with Gasteiger partial charge >= 0.3 is 0 Å². The van der Waals surface area contributed by atoms with Crippen molar-refractivity contribution in [3.8, 4) is 5.75 Å². The highest BCUT2D eigenvalue weighted by Crippen LogP contribution is 2.23. The molecule has 0 spiro atoms. The summed E-state index contributed by atoms with van der Waals surface area (Å²) in [7, 11) is 0. The van der Waals surface area contributed by atoms with Gasteiger partial charge in [0.25, 0.3) is 5.91 Å². The van der Waals surface area contributed by atoms with Crippen LogP contribution in [0.15, 0.2) is 66.1 Å². The van der Waals surface area contributed by atoms with Crippen LogP contribution in [0.25, 0.3) is 6.08 Å². The van der Waals surface area contributed by atoms with Gasteiger partial charge in [0.1, 0.15) is 12.4 Å². The molecule has 1 heterocycles. The molecule has 0 bridgehead atoms. The predicted octanol–water partition coefficient (Wildman–Crippen LogP) is 6.74. The number of rotatable bonds is 7. The van der Waals surface area contributed by atoms with Gasteiger partial charge in [-0.3, -0.25) is 4.79 Å². The van der Waals surface area contributed by atoms with E-state index in [4.69, 9.17) is 4.74 Å². The SMILES string of the molecule is C/C=C/c1ccccc1OCc1csc(C(=O)Nc2ccc(C(C)C)cc2)c1. The standard InChI is InChI=1S/C24H25NO2S/c1-4-7-20-8-5-6-9-22(20)27-15-18-14-23(28-16-18)24(26)25-21-12-10-19(11-13-21)17(2)3/h4-14,16-17H,15H2,1-3H3,(H,25,26)/b7-4+. The number of hydrogen-bond donors (Lipinski definition) is 1. The average molecular weight is 392 g/mol. The lowest BCUT2D eigenvalue weighted by Crippen LogP contribution is -2.10. The molecule has 0 atom stereocenters. The minimum absolute atomic E-state index is 0.0946. The molecule has 28 heavy (non-hydrogen) atoms. The van der Waals surface area contributed by atoms with Crippen molar-refractivity contribution in [1.29, 1.82) is 0 Å². The van der Waals surface area contributed by atoms with E-state index in [9.17, 15) is 4.79 Å². The van der Waals surface area contributed by atoms with Gasteiger partial charge in [-0.15, -0.1) is 11.3 Å². The van der Waals surface area contributed by atoms with Gasteiger partial charge in [0.2, 0.25) is 0 Å². The maximum absolute atomic E-state index is 12.5. The minimum Gasteiger partial charge on any atom is -0.488 e. The second-order valence-electron chi connectivity index (χ2n) is 6.88. The topological polar surface area (TPSA) is 38.3 Å². The Kier molecular flexibility index (Phi) is 6.66. The summed E-state index contributed by atoms with van der Waals surface area (Å²) >= 11 is 1.43. The van der Waals surface area contributed by atoms with Crippen molar-refractivity contribution in [2.45, 2.75) is 33.3 Å². The summed E-state index contributed by atoms with van der Waals surface area (Å²) in [6.45, 7) is 6.72. The van der Waals surface area contributed by atoms with Crippen molar-refractivity contribution in [2.24, 2.45) is 0 Å². The van der Waals surface area contributed by atoms with Gasteiger partial charge in [-0.25, -0.2) is 0 Å². The van der Waals surface area contributed by atoms with E-state index in [-0.39, 0.29) is 5.91 Å². The fourth-order valence-electron chi connectivity index (χ4n) is 2.80. The normalized spacial score (nSPS) is 11.1. The van der Waals surface area contributed by atoms with Crippen molar-refractivity contribution in [3.05, 3.63) is 87.6 Å². The second kappa shape index (κ2) is 9.38. The number of carbonyl (C=O) groups excluding carboxylic acids is 1. The number of carbonyl (C=O) groups is 1. The number of para-hydroxylation sites is 1. The lowest BCUT2D eigenvalue weighted by Gasteiger charge is -2.08. The molecule has 3 rings (SSSR count). The molecule has 1 N–H and O–H groups in total. The van der Waals surface area contributed by atoms with Crippen LogP contribution in [0.5, 0.6) is 5.75 Å². The summed E-state index contributed by atoms with van der Waals surface area (Å²) in [4.78, 5) is 13.2. The first-order chi connectivity index (χ1) is 13.6. The van der Waals surface area contributed by atoms with Crippen molar-refractivity contribution in [2.75, 3.05) is 5.32 Å². The first-order valence-electron chi connectivity index (χ1n) is 9.40. The number of amides is 1. The third-order valence-electron chi connectivity index (χ3n) is 4.37. The Morgan fingerprint density at radius 1 is 1.14 bits per heavy atom. The van der Waals surface area contributed by atoms with Gasteiger partial charge in [-0.2, -0.15) is 0 Å². The summed E-state index contributed by atoms with van der Waals surface area (Å²) in [6.07, 6.45) is 4.01. The molecule has 3 nitrogen and oxygen atoms in total. The number of thiophene rings is 1. The summed E-state index contributed by atoms with van der Waals surface area (Å²) in [6, 6.07) is 17.8. The van der Waals surface area contributed by atoms with Crippen LogP contribution in [0.3, 0.4) is 0 Å². The molecule has 0 aliphatic heterocycles. The molecule has 1 aromatic heterocycles. The van der Waals surface area contributed by atoms with Crippen LogP contribution >= 0.6 is 11.3 Å². The summed E-state index contributed by atoms with van der Waals surface area (Å²) in [5.74, 6) is 1.22. The molecule has 1 amide bonds. The quantitative estimate of drug-likeness (QED) is 0.484. The fraction of sp³-hybridized carbons (Fsp3) is 0.208. The zero-order valence-electron chi connectivity index (χ0n) is 16.4. The molecule has 0 radical (unpaired) electrons. The molecule has 144 valence electrons. The zero-order chi connectivity index (χ0) is 19.9. The maximum atomic E-state index is 12.5. The molecule has 0 saturated heterocycles. The number of hydrogen-bond acceptors (Lipinski definition) is 3. The van der Waals surface area contributed by atoms with E-state index in [2.05, 4.69) is 31.3 Å². The maximum Gasteiger partial charge on any atom is 0.265 e. The molecule has 2 aromatic carbocycles. The molecule has 4 heteroatoms. The van der Waals surface area contributed by atoms with Crippen LogP contribution < -0.4 is 10.1 Å². The van der Waals surface area contributed by atoms with Gasteiger partial charge < -0.3 is 10.1 Å². The third-order valence-corrected chi connectivity index (χ3v) is 5.35. The van der Waals surface area contributed by atoms with Crippen LogP contribution in [-0.4, -0.2) is 5.91 Å². The van der Waals surface area contributed by atoms with E-state index in [1.807, 2.05) is 66.9 Å². The molecular weight excluding hydrogens is 366 g/mol. The summed E-state index contributed by atoms with van der Waals surface area (Å²) < 4.78 is 5.95. The Labute approximate surface area is 170 Å². The van der Waals surface area contributed by atoms with Crippen molar-refractivity contribution >= 4 is 29.0 Å². The number of nitrogens with one attached hydrogen (secondary N) is 1. The highest BCUT2D eigenvalue weighted by Gasteiger charge is 2.11. The molecule has 0 aliphatic rings. The van der Waals surface area contributed by atoms with E-state index < -0.39 is 0 Å². The van der Waals surface area contributed by atoms with E-state index in [0.717, 1.165) is 22.6 Å². The van der Waals surface area contributed by atoms with Gasteiger partial charge in [-0.1, -0.05) is 56.3 Å². The summed E-state index contributed by atoms with van der Waals surface area (Å²) in [5, 5.41) is 4.93. The highest BCUT2D eigenvalue weighted by atomic mass is 32.1.